The van der Waals surface area contributed by atoms with Gasteiger partial charge in [-0.05, 0) is 61.5 Å². The van der Waals surface area contributed by atoms with E-state index in [4.69, 9.17) is 23.8 Å². The molecule has 0 amide bonds. The molecule has 3 nitrogen and oxygen atoms in total. The minimum absolute atomic E-state index is 0.549. The molecule has 0 spiro atoms. The van der Waals surface area contributed by atoms with Crippen LogP contribution in [0, 0.1) is 18.6 Å². The van der Waals surface area contributed by atoms with Crippen LogP contribution in [0.3, 0.4) is 0 Å². The molecule has 1 N–H and O–H groups in total. The summed E-state index contributed by atoms with van der Waals surface area (Å²) in [6, 6.07) is 13.8. The van der Waals surface area contributed by atoms with Crippen LogP contribution in [-0.2, 0) is 0 Å². The second kappa shape index (κ2) is 5.47. The second-order valence-corrected chi connectivity index (χ2v) is 5.73. The Morgan fingerprint density at radius 2 is 1.86 bits per heavy atom. The van der Waals surface area contributed by atoms with Crippen LogP contribution in [0.2, 0.25) is 5.02 Å². The number of H-pyrrole nitrogens is 1. The monoisotopic (exact) mass is 315 g/mol. The zero-order valence-electron chi connectivity index (χ0n) is 11.7. The molecule has 0 aliphatic heterocycles. The molecule has 106 valence electrons. The molecule has 0 bridgehead atoms. The van der Waals surface area contributed by atoms with Crippen molar-refractivity contribution < 1.29 is 0 Å². The second-order valence-electron chi connectivity index (χ2n) is 4.94. The van der Waals surface area contributed by atoms with Gasteiger partial charge in [-0.1, -0.05) is 29.8 Å². The molecular formula is C16H14ClN3S. The van der Waals surface area contributed by atoms with Gasteiger partial charge in [0.15, 0.2) is 10.6 Å². The van der Waals surface area contributed by atoms with E-state index in [9.17, 15) is 0 Å². The first-order chi connectivity index (χ1) is 10.1. The summed E-state index contributed by atoms with van der Waals surface area (Å²) in [4.78, 5) is 0. The van der Waals surface area contributed by atoms with Crippen LogP contribution in [0.4, 0.5) is 0 Å². The van der Waals surface area contributed by atoms with Gasteiger partial charge in [-0.2, -0.15) is 5.10 Å². The summed E-state index contributed by atoms with van der Waals surface area (Å²) >= 11 is 11.7. The summed E-state index contributed by atoms with van der Waals surface area (Å²) in [5.74, 6) is 0.717. The number of aromatic amines is 1. The van der Waals surface area contributed by atoms with E-state index in [2.05, 4.69) is 36.2 Å². The number of benzene rings is 2. The molecule has 0 aliphatic carbocycles. The van der Waals surface area contributed by atoms with E-state index < -0.39 is 0 Å². The van der Waals surface area contributed by atoms with Crippen molar-refractivity contribution in [2.45, 2.75) is 13.8 Å². The number of aromatic nitrogens is 3. The van der Waals surface area contributed by atoms with Crippen molar-refractivity contribution in [3.63, 3.8) is 0 Å². The number of hydrogen-bond acceptors (Lipinski definition) is 2. The predicted octanol–water partition coefficient (Wildman–Crippen LogP) is 4.87. The third kappa shape index (κ3) is 2.52. The lowest BCUT2D eigenvalue weighted by molar-refractivity contribution is 1.03. The highest BCUT2D eigenvalue weighted by Crippen LogP contribution is 2.28. The van der Waals surface area contributed by atoms with Gasteiger partial charge in [-0.25, -0.2) is 0 Å². The molecule has 0 atom stereocenters. The van der Waals surface area contributed by atoms with E-state index >= 15 is 0 Å². The Hall–Kier alpha value is -1.91. The lowest BCUT2D eigenvalue weighted by atomic mass is 10.1. The number of nitrogens with one attached hydrogen (secondary N) is 1. The van der Waals surface area contributed by atoms with Crippen LogP contribution in [0.25, 0.3) is 17.1 Å². The lowest BCUT2D eigenvalue weighted by Crippen LogP contribution is -1.99. The fourth-order valence-electron chi connectivity index (χ4n) is 2.22. The summed E-state index contributed by atoms with van der Waals surface area (Å²) in [6.07, 6.45) is 0. The highest BCUT2D eigenvalue weighted by molar-refractivity contribution is 7.71. The number of nitrogens with zero attached hydrogens (tertiary/aromatic N) is 2. The summed E-state index contributed by atoms with van der Waals surface area (Å²) in [5.41, 5.74) is 4.28. The third-order valence-corrected chi connectivity index (χ3v) is 4.14. The van der Waals surface area contributed by atoms with Gasteiger partial charge in [0.2, 0.25) is 0 Å². The zero-order valence-corrected chi connectivity index (χ0v) is 13.3. The fraction of sp³-hybridized carbons (Fsp3) is 0.125. The Morgan fingerprint density at radius 3 is 2.57 bits per heavy atom. The average molecular weight is 316 g/mol. The SMILES string of the molecule is Cc1ccc(-n2c(-c3ccccc3Cl)n[nH]c2=S)cc1C. The van der Waals surface area contributed by atoms with Gasteiger partial charge < -0.3 is 0 Å². The van der Waals surface area contributed by atoms with Crippen molar-refractivity contribution in [2.24, 2.45) is 0 Å². The van der Waals surface area contributed by atoms with Crippen LogP contribution < -0.4 is 0 Å². The molecule has 0 aliphatic rings. The standard InChI is InChI=1S/C16H14ClN3S/c1-10-7-8-12(9-11(10)2)20-15(18-19-16(20)21)13-5-3-4-6-14(13)17/h3-9H,1-2H3,(H,19,21). The summed E-state index contributed by atoms with van der Waals surface area (Å²) in [7, 11) is 0. The first-order valence-corrected chi connectivity index (χ1v) is 7.36. The van der Waals surface area contributed by atoms with Crippen LogP contribution in [0.5, 0.6) is 0 Å². The number of rotatable bonds is 2. The first-order valence-electron chi connectivity index (χ1n) is 6.58. The zero-order chi connectivity index (χ0) is 15.0. The normalized spacial score (nSPS) is 10.8. The minimum atomic E-state index is 0.549. The van der Waals surface area contributed by atoms with Gasteiger partial charge in [0.05, 0.1) is 10.7 Å². The molecule has 0 unspecified atom stereocenters. The summed E-state index contributed by atoms with van der Waals surface area (Å²) in [6.45, 7) is 4.17. The molecule has 1 aromatic heterocycles. The summed E-state index contributed by atoms with van der Waals surface area (Å²) < 4.78 is 2.45. The molecule has 3 aromatic rings. The third-order valence-electron chi connectivity index (χ3n) is 3.54. The van der Waals surface area contributed by atoms with Gasteiger partial charge in [0, 0.05) is 5.56 Å². The van der Waals surface area contributed by atoms with E-state index in [-0.39, 0.29) is 0 Å². The Morgan fingerprint density at radius 1 is 1.10 bits per heavy atom. The topological polar surface area (TPSA) is 33.6 Å². The highest BCUT2D eigenvalue weighted by atomic mass is 35.5. The minimum Gasteiger partial charge on any atom is -0.268 e. The van der Waals surface area contributed by atoms with Crippen LogP contribution in [0.1, 0.15) is 11.1 Å². The number of halogens is 1. The van der Waals surface area contributed by atoms with E-state index in [1.807, 2.05) is 34.9 Å². The first kappa shape index (κ1) is 14.0. The molecule has 0 fully saturated rings. The maximum absolute atomic E-state index is 6.28. The Bertz CT molecular complexity index is 864. The molecular weight excluding hydrogens is 302 g/mol. The average Bonchev–Trinajstić information content (AvgIpc) is 2.84. The van der Waals surface area contributed by atoms with E-state index in [1.54, 1.807) is 0 Å². The van der Waals surface area contributed by atoms with Crippen LogP contribution in [-0.4, -0.2) is 14.8 Å². The quantitative estimate of drug-likeness (QED) is 0.685. The number of aryl methyl sites for hydroxylation is 2. The lowest BCUT2D eigenvalue weighted by Gasteiger charge is -2.10. The van der Waals surface area contributed by atoms with E-state index in [0.29, 0.717) is 15.6 Å². The highest BCUT2D eigenvalue weighted by Gasteiger charge is 2.13. The van der Waals surface area contributed by atoms with Crippen molar-refractivity contribution in [3.05, 3.63) is 63.4 Å². The van der Waals surface area contributed by atoms with Gasteiger partial charge in [0.25, 0.3) is 0 Å². The van der Waals surface area contributed by atoms with Gasteiger partial charge in [0.1, 0.15) is 0 Å². The molecule has 1 heterocycles. The molecule has 5 heteroatoms. The molecule has 0 radical (unpaired) electrons. The van der Waals surface area contributed by atoms with Crippen molar-refractivity contribution >= 4 is 23.8 Å². The van der Waals surface area contributed by atoms with Crippen molar-refractivity contribution in [3.8, 4) is 17.1 Å². The fourth-order valence-corrected chi connectivity index (χ4v) is 2.68. The van der Waals surface area contributed by atoms with Gasteiger partial charge >= 0.3 is 0 Å². The summed E-state index contributed by atoms with van der Waals surface area (Å²) in [5, 5.41) is 7.84. The Labute approximate surface area is 133 Å². The molecule has 2 aromatic carbocycles. The van der Waals surface area contributed by atoms with Crippen molar-refractivity contribution in [2.75, 3.05) is 0 Å². The smallest absolute Gasteiger partial charge is 0.200 e. The molecule has 0 saturated carbocycles. The largest absolute Gasteiger partial charge is 0.268 e. The van der Waals surface area contributed by atoms with Crippen LogP contribution >= 0.6 is 23.8 Å². The number of hydrogen-bond donors (Lipinski definition) is 1. The predicted molar refractivity (Wildman–Crippen MR) is 88.7 cm³/mol. The molecule has 3 rings (SSSR count). The van der Waals surface area contributed by atoms with E-state index in [1.165, 1.54) is 11.1 Å². The van der Waals surface area contributed by atoms with Gasteiger partial charge in [-0.3, -0.25) is 9.67 Å². The Kier molecular flexibility index (Phi) is 3.66. The Balaban J connectivity index is 2.25. The van der Waals surface area contributed by atoms with Crippen molar-refractivity contribution in [1.29, 1.82) is 0 Å². The van der Waals surface area contributed by atoms with Crippen LogP contribution in [0.15, 0.2) is 42.5 Å². The van der Waals surface area contributed by atoms with E-state index in [0.717, 1.165) is 11.3 Å². The molecule has 0 saturated heterocycles. The maximum Gasteiger partial charge on any atom is 0.200 e. The van der Waals surface area contributed by atoms with Gasteiger partial charge in [-0.15, -0.1) is 0 Å². The maximum atomic E-state index is 6.28. The molecule has 21 heavy (non-hydrogen) atoms. The van der Waals surface area contributed by atoms with Crippen molar-refractivity contribution in [1.82, 2.24) is 14.8 Å².